The summed E-state index contributed by atoms with van der Waals surface area (Å²) in [6, 6.07) is 7.57. The van der Waals surface area contributed by atoms with Gasteiger partial charge in [0, 0.05) is 16.2 Å². The van der Waals surface area contributed by atoms with Crippen LogP contribution in [0.5, 0.6) is 0 Å². The second-order valence-corrected chi connectivity index (χ2v) is 6.68. The molecule has 2 rings (SSSR count). The Balaban J connectivity index is 2.04. The number of nitrogens with one attached hydrogen (secondary N) is 1. The van der Waals surface area contributed by atoms with Crippen molar-refractivity contribution < 1.29 is 4.39 Å². The van der Waals surface area contributed by atoms with Crippen LogP contribution >= 0.6 is 11.8 Å². The van der Waals surface area contributed by atoms with Crippen molar-refractivity contribution in [3.63, 3.8) is 0 Å². The molecule has 0 aromatic heterocycles. The van der Waals surface area contributed by atoms with E-state index in [9.17, 15) is 4.39 Å². The lowest BCUT2D eigenvalue weighted by atomic mass is 9.84. The van der Waals surface area contributed by atoms with Gasteiger partial charge in [-0.15, -0.1) is 11.8 Å². The fourth-order valence-electron chi connectivity index (χ4n) is 2.92. The van der Waals surface area contributed by atoms with Crippen LogP contribution in [0.2, 0.25) is 0 Å². The Bertz CT molecular complexity index is 396. The van der Waals surface area contributed by atoms with Gasteiger partial charge < -0.3 is 5.32 Å². The highest BCUT2D eigenvalue weighted by molar-refractivity contribution is 8.00. The van der Waals surface area contributed by atoms with Gasteiger partial charge >= 0.3 is 0 Å². The van der Waals surface area contributed by atoms with E-state index < -0.39 is 0 Å². The number of rotatable bonds is 5. The third-order valence-corrected chi connectivity index (χ3v) is 5.38. The van der Waals surface area contributed by atoms with Crippen molar-refractivity contribution in [1.82, 2.24) is 5.32 Å². The largest absolute Gasteiger partial charge is 0.313 e. The van der Waals surface area contributed by atoms with Gasteiger partial charge in [0.15, 0.2) is 0 Å². The summed E-state index contributed by atoms with van der Waals surface area (Å²) in [5.41, 5.74) is 0. The van der Waals surface area contributed by atoms with Crippen LogP contribution in [0, 0.1) is 11.7 Å². The maximum atomic E-state index is 13.3. The molecule has 1 aliphatic carbocycles. The molecule has 0 amide bonds. The molecule has 0 saturated heterocycles. The van der Waals surface area contributed by atoms with Crippen LogP contribution in [0.1, 0.15) is 39.5 Å². The predicted octanol–water partition coefficient (Wildman–Crippen LogP) is 4.47. The predicted molar refractivity (Wildman–Crippen MR) is 81.1 cm³/mol. The molecule has 3 heteroatoms. The number of benzene rings is 1. The lowest BCUT2D eigenvalue weighted by Crippen LogP contribution is -2.42. The van der Waals surface area contributed by atoms with Gasteiger partial charge in [-0.05, 0) is 49.9 Å². The average Bonchev–Trinajstić information content (AvgIpc) is 2.41. The van der Waals surface area contributed by atoms with Crippen LogP contribution in [0.4, 0.5) is 4.39 Å². The highest BCUT2D eigenvalue weighted by atomic mass is 32.2. The minimum atomic E-state index is -0.132. The van der Waals surface area contributed by atoms with Crippen LogP contribution in [-0.4, -0.2) is 17.8 Å². The summed E-state index contributed by atoms with van der Waals surface area (Å²) in [7, 11) is 0. The molecular formula is C16H24FNS. The zero-order valence-corrected chi connectivity index (χ0v) is 12.7. The molecule has 3 atom stereocenters. The molecule has 106 valence electrons. The lowest BCUT2D eigenvalue weighted by Gasteiger charge is -2.36. The van der Waals surface area contributed by atoms with Crippen LogP contribution in [0.15, 0.2) is 29.2 Å². The normalized spacial score (nSPS) is 27.4. The first-order chi connectivity index (χ1) is 9.22. The van der Waals surface area contributed by atoms with Crippen molar-refractivity contribution in [3.8, 4) is 0 Å². The summed E-state index contributed by atoms with van der Waals surface area (Å²) >= 11 is 1.84. The topological polar surface area (TPSA) is 12.0 Å². The zero-order valence-electron chi connectivity index (χ0n) is 11.9. The third-order valence-electron chi connectivity index (χ3n) is 4.03. The smallest absolute Gasteiger partial charge is 0.124 e. The van der Waals surface area contributed by atoms with Gasteiger partial charge in [-0.2, -0.15) is 0 Å². The van der Waals surface area contributed by atoms with Crippen molar-refractivity contribution in [2.45, 2.75) is 55.7 Å². The Labute approximate surface area is 120 Å². The average molecular weight is 281 g/mol. The Morgan fingerprint density at radius 3 is 2.84 bits per heavy atom. The molecule has 0 radical (unpaired) electrons. The lowest BCUT2D eigenvalue weighted by molar-refractivity contribution is 0.298. The van der Waals surface area contributed by atoms with Gasteiger partial charge in [0.05, 0.1) is 0 Å². The summed E-state index contributed by atoms with van der Waals surface area (Å²) in [6.45, 7) is 5.46. The first kappa shape index (κ1) is 14.9. The van der Waals surface area contributed by atoms with Crippen LogP contribution in [0.25, 0.3) is 0 Å². The quantitative estimate of drug-likeness (QED) is 0.854. The summed E-state index contributed by atoms with van der Waals surface area (Å²) in [5, 5.41) is 4.17. The van der Waals surface area contributed by atoms with E-state index in [0.717, 1.165) is 17.4 Å². The Morgan fingerprint density at radius 2 is 2.16 bits per heavy atom. The molecule has 1 N–H and O–H groups in total. The SMILES string of the molecule is CCNC1CCC(CC)CC1Sc1cccc(F)c1. The van der Waals surface area contributed by atoms with Gasteiger partial charge in [-0.3, -0.25) is 0 Å². The molecule has 0 spiro atoms. The highest BCUT2D eigenvalue weighted by Crippen LogP contribution is 2.37. The van der Waals surface area contributed by atoms with Gasteiger partial charge in [-0.25, -0.2) is 4.39 Å². The zero-order chi connectivity index (χ0) is 13.7. The molecule has 1 aromatic rings. The van der Waals surface area contributed by atoms with Gasteiger partial charge in [0.25, 0.3) is 0 Å². The van der Waals surface area contributed by atoms with Crippen molar-refractivity contribution in [2.75, 3.05) is 6.54 Å². The van der Waals surface area contributed by atoms with E-state index in [1.807, 2.05) is 17.8 Å². The molecule has 3 unspecified atom stereocenters. The van der Waals surface area contributed by atoms with Crippen molar-refractivity contribution in [1.29, 1.82) is 0 Å². The molecule has 0 bridgehead atoms. The maximum absolute atomic E-state index is 13.3. The van der Waals surface area contributed by atoms with Crippen LogP contribution < -0.4 is 5.32 Å². The van der Waals surface area contributed by atoms with Crippen LogP contribution in [-0.2, 0) is 0 Å². The molecule has 1 aliphatic rings. The van der Waals surface area contributed by atoms with E-state index in [1.54, 1.807) is 12.1 Å². The monoisotopic (exact) mass is 281 g/mol. The standard InChI is InChI=1S/C16H24FNS/c1-3-12-8-9-15(18-4-2)16(10-12)19-14-7-5-6-13(17)11-14/h5-7,11-12,15-16,18H,3-4,8-10H2,1-2H3. The summed E-state index contributed by atoms with van der Waals surface area (Å²) in [5.74, 6) is 0.703. The first-order valence-corrected chi connectivity index (χ1v) is 8.26. The van der Waals surface area contributed by atoms with Gasteiger partial charge in [0.1, 0.15) is 5.82 Å². The summed E-state index contributed by atoms with van der Waals surface area (Å²) in [6.07, 6.45) is 5.09. The maximum Gasteiger partial charge on any atom is 0.124 e. The minimum Gasteiger partial charge on any atom is -0.313 e. The van der Waals surface area contributed by atoms with E-state index in [-0.39, 0.29) is 5.82 Å². The fraction of sp³-hybridized carbons (Fsp3) is 0.625. The fourth-order valence-corrected chi connectivity index (χ4v) is 4.38. The first-order valence-electron chi connectivity index (χ1n) is 7.38. The number of halogens is 1. The van der Waals surface area contributed by atoms with E-state index >= 15 is 0 Å². The van der Waals surface area contributed by atoms with Crippen molar-refractivity contribution in [2.24, 2.45) is 5.92 Å². The molecular weight excluding hydrogens is 257 g/mol. The van der Waals surface area contributed by atoms with E-state index in [4.69, 9.17) is 0 Å². The van der Waals surface area contributed by atoms with Crippen molar-refractivity contribution >= 4 is 11.8 Å². The van der Waals surface area contributed by atoms with Gasteiger partial charge in [0.2, 0.25) is 0 Å². The molecule has 0 heterocycles. The van der Waals surface area contributed by atoms with E-state index in [2.05, 4.69) is 19.2 Å². The number of hydrogen-bond donors (Lipinski definition) is 1. The van der Waals surface area contributed by atoms with E-state index in [0.29, 0.717) is 11.3 Å². The summed E-state index contributed by atoms with van der Waals surface area (Å²) in [4.78, 5) is 1.06. The summed E-state index contributed by atoms with van der Waals surface area (Å²) < 4.78 is 13.3. The number of thioether (sulfide) groups is 1. The minimum absolute atomic E-state index is 0.132. The number of hydrogen-bond acceptors (Lipinski definition) is 2. The van der Waals surface area contributed by atoms with E-state index in [1.165, 1.54) is 31.7 Å². The van der Waals surface area contributed by atoms with Crippen LogP contribution in [0.3, 0.4) is 0 Å². The molecule has 1 saturated carbocycles. The highest BCUT2D eigenvalue weighted by Gasteiger charge is 2.29. The Morgan fingerprint density at radius 1 is 1.32 bits per heavy atom. The molecule has 1 aromatic carbocycles. The second-order valence-electron chi connectivity index (χ2n) is 5.37. The Hall–Kier alpha value is -0.540. The molecule has 19 heavy (non-hydrogen) atoms. The third kappa shape index (κ3) is 4.22. The Kier molecular flexibility index (Phi) is 5.71. The molecule has 1 nitrogen and oxygen atoms in total. The molecule has 1 fully saturated rings. The van der Waals surface area contributed by atoms with Gasteiger partial charge in [-0.1, -0.05) is 26.3 Å². The molecule has 0 aliphatic heterocycles. The van der Waals surface area contributed by atoms with Crippen molar-refractivity contribution in [3.05, 3.63) is 30.1 Å². The second kappa shape index (κ2) is 7.30.